The number of hydrazone groups is 1. The quantitative estimate of drug-likeness (QED) is 0.346. The van der Waals surface area contributed by atoms with Crippen molar-refractivity contribution in [1.82, 2.24) is 10.7 Å². The molecule has 0 saturated carbocycles. The van der Waals surface area contributed by atoms with Crippen LogP contribution in [0.15, 0.2) is 76.3 Å². The molecule has 0 aliphatic carbocycles. The van der Waals surface area contributed by atoms with Crippen molar-refractivity contribution in [1.29, 1.82) is 0 Å². The van der Waals surface area contributed by atoms with E-state index in [1.54, 1.807) is 18.2 Å². The van der Waals surface area contributed by atoms with Crippen LogP contribution in [0.4, 0.5) is 0 Å². The SMILES string of the molecule is O=C(CNC(=O)c1ccc2c(c1)OCCO2)NN=Cc1cc(Br)ccc1OCc1ccccc1. The van der Waals surface area contributed by atoms with Crippen LogP contribution in [0.1, 0.15) is 21.5 Å². The van der Waals surface area contributed by atoms with Crippen molar-refractivity contribution in [2.24, 2.45) is 5.10 Å². The van der Waals surface area contributed by atoms with Crippen LogP contribution in [-0.4, -0.2) is 37.8 Å². The van der Waals surface area contributed by atoms with Crippen LogP contribution in [0.5, 0.6) is 17.2 Å². The Labute approximate surface area is 205 Å². The summed E-state index contributed by atoms with van der Waals surface area (Å²) in [7, 11) is 0. The largest absolute Gasteiger partial charge is 0.488 e. The first-order valence-electron chi connectivity index (χ1n) is 10.5. The molecule has 0 aromatic heterocycles. The number of hydrogen-bond acceptors (Lipinski definition) is 6. The van der Waals surface area contributed by atoms with Crippen molar-refractivity contribution in [3.63, 3.8) is 0 Å². The average molecular weight is 524 g/mol. The average Bonchev–Trinajstić information content (AvgIpc) is 2.87. The minimum Gasteiger partial charge on any atom is -0.488 e. The van der Waals surface area contributed by atoms with Gasteiger partial charge in [0, 0.05) is 15.6 Å². The molecule has 1 aliphatic rings. The highest BCUT2D eigenvalue weighted by atomic mass is 79.9. The van der Waals surface area contributed by atoms with Gasteiger partial charge in [0.25, 0.3) is 11.8 Å². The zero-order valence-corrected chi connectivity index (χ0v) is 19.7. The van der Waals surface area contributed by atoms with Gasteiger partial charge in [0.05, 0.1) is 12.8 Å². The van der Waals surface area contributed by atoms with Crippen molar-refractivity contribution >= 4 is 34.0 Å². The molecule has 8 nitrogen and oxygen atoms in total. The number of halogens is 1. The van der Waals surface area contributed by atoms with Gasteiger partial charge in [0.2, 0.25) is 0 Å². The smallest absolute Gasteiger partial charge is 0.259 e. The molecular formula is C25H22BrN3O5. The topological polar surface area (TPSA) is 98.3 Å². The minimum absolute atomic E-state index is 0.236. The molecule has 34 heavy (non-hydrogen) atoms. The van der Waals surface area contributed by atoms with Gasteiger partial charge in [-0.25, -0.2) is 5.43 Å². The first-order chi connectivity index (χ1) is 16.6. The van der Waals surface area contributed by atoms with Gasteiger partial charge in [-0.2, -0.15) is 5.10 Å². The molecule has 4 rings (SSSR count). The van der Waals surface area contributed by atoms with E-state index >= 15 is 0 Å². The molecule has 0 fully saturated rings. The standard InChI is InChI=1S/C25H22BrN3O5/c26-20-7-9-21(34-16-17-4-2-1-3-5-17)19(12-20)14-28-29-24(30)15-27-25(31)18-6-8-22-23(13-18)33-11-10-32-22/h1-9,12-14H,10-11,15-16H2,(H,27,31)(H,29,30). The van der Waals surface area contributed by atoms with Crippen LogP contribution in [0, 0.1) is 0 Å². The van der Waals surface area contributed by atoms with E-state index in [1.165, 1.54) is 6.21 Å². The summed E-state index contributed by atoms with van der Waals surface area (Å²) >= 11 is 3.43. The Morgan fingerprint density at radius 3 is 2.62 bits per heavy atom. The summed E-state index contributed by atoms with van der Waals surface area (Å²) in [6, 6.07) is 20.2. The summed E-state index contributed by atoms with van der Waals surface area (Å²) in [6.45, 7) is 1.07. The van der Waals surface area contributed by atoms with Gasteiger partial charge in [0.1, 0.15) is 25.6 Å². The number of carbonyl (C=O) groups excluding carboxylic acids is 2. The van der Waals surface area contributed by atoms with Crippen molar-refractivity contribution in [2.45, 2.75) is 6.61 Å². The molecule has 0 radical (unpaired) electrons. The normalized spacial score (nSPS) is 12.3. The van der Waals surface area contributed by atoms with Gasteiger partial charge in [0.15, 0.2) is 11.5 Å². The molecule has 174 valence electrons. The van der Waals surface area contributed by atoms with Crippen LogP contribution in [0.3, 0.4) is 0 Å². The second kappa shape index (κ2) is 11.3. The van der Waals surface area contributed by atoms with E-state index < -0.39 is 11.8 Å². The van der Waals surface area contributed by atoms with Gasteiger partial charge in [-0.05, 0) is 42.0 Å². The Morgan fingerprint density at radius 2 is 1.79 bits per heavy atom. The minimum atomic E-state index is -0.469. The highest BCUT2D eigenvalue weighted by Gasteiger charge is 2.15. The number of fused-ring (bicyclic) bond motifs is 1. The van der Waals surface area contributed by atoms with Crippen LogP contribution >= 0.6 is 15.9 Å². The predicted octanol–water partition coefficient (Wildman–Crippen LogP) is 3.68. The maximum atomic E-state index is 12.4. The van der Waals surface area contributed by atoms with Crippen molar-refractivity contribution in [3.05, 3.63) is 87.9 Å². The molecule has 0 atom stereocenters. The van der Waals surface area contributed by atoms with E-state index in [2.05, 4.69) is 31.8 Å². The highest BCUT2D eigenvalue weighted by Crippen LogP contribution is 2.30. The maximum absolute atomic E-state index is 12.4. The Hall–Kier alpha value is -3.85. The Balaban J connectivity index is 1.29. The zero-order chi connectivity index (χ0) is 23.8. The van der Waals surface area contributed by atoms with Crippen LogP contribution in [0.2, 0.25) is 0 Å². The van der Waals surface area contributed by atoms with Gasteiger partial charge in [-0.15, -0.1) is 0 Å². The number of carbonyl (C=O) groups is 2. The zero-order valence-electron chi connectivity index (χ0n) is 18.1. The molecule has 0 bridgehead atoms. The Bertz CT molecular complexity index is 1200. The molecular weight excluding hydrogens is 502 g/mol. The van der Waals surface area contributed by atoms with E-state index in [4.69, 9.17) is 14.2 Å². The summed E-state index contributed by atoms with van der Waals surface area (Å²) in [6.07, 6.45) is 1.49. The van der Waals surface area contributed by atoms with Gasteiger partial charge >= 0.3 is 0 Å². The summed E-state index contributed by atoms with van der Waals surface area (Å²) in [5.41, 5.74) is 4.50. The molecule has 1 aliphatic heterocycles. The fraction of sp³-hybridized carbons (Fsp3) is 0.160. The van der Waals surface area contributed by atoms with Gasteiger partial charge in [-0.1, -0.05) is 46.3 Å². The number of benzene rings is 3. The van der Waals surface area contributed by atoms with E-state index in [9.17, 15) is 9.59 Å². The van der Waals surface area contributed by atoms with Crippen molar-refractivity contribution < 1.29 is 23.8 Å². The van der Waals surface area contributed by atoms with Crippen molar-refractivity contribution in [3.8, 4) is 17.2 Å². The van der Waals surface area contributed by atoms with E-state index in [0.717, 1.165) is 10.0 Å². The van der Waals surface area contributed by atoms with Crippen LogP contribution in [-0.2, 0) is 11.4 Å². The predicted molar refractivity (Wildman–Crippen MR) is 130 cm³/mol. The summed E-state index contributed by atoms with van der Waals surface area (Å²) < 4.78 is 17.7. The lowest BCUT2D eigenvalue weighted by Crippen LogP contribution is -2.35. The fourth-order valence-electron chi connectivity index (χ4n) is 3.15. The van der Waals surface area contributed by atoms with Crippen LogP contribution in [0.25, 0.3) is 0 Å². The Morgan fingerprint density at radius 1 is 1.00 bits per heavy atom. The molecule has 3 aromatic carbocycles. The third kappa shape index (κ3) is 6.35. The van der Waals surface area contributed by atoms with E-state index in [0.29, 0.717) is 48.2 Å². The number of amides is 2. The number of nitrogens with zero attached hydrogens (tertiary/aromatic N) is 1. The van der Waals surface area contributed by atoms with Gasteiger partial charge in [-0.3, -0.25) is 9.59 Å². The molecule has 2 amide bonds. The lowest BCUT2D eigenvalue weighted by atomic mass is 10.2. The summed E-state index contributed by atoms with van der Waals surface area (Å²) in [4.78, 5) is 24.5. The monoisotopic (exact) mass is 523 g/mol. The third-order valence-corrected chi connectivity index (χ3v) is 5.31. The lowest BCUT2D eigenvalue weighted by molar-refractivity contribution is -0.120. The molecule has 0 unspecified atom stereocenters. The lowest BCUT2D eigenvalue weighted by Gasteiger charge is -2.18. The molecule has 0 saturated heterocycles. The summed E-state index contributed by atoms with van der Waals surface area (Å²) in [5, 5.41) is 6.55. The molecule has 1 heterocycles. The highest BCUT2D eigenvalue weighted by molar-refractivity contribution is 9.10. The van der Waals surface area contributed by atoms with Gasteiger partial charge < -0.3 is 19.5 Å². The maximum Gasteiger partial charge on any atom is 0.259 e. The Kier molecular flexibility index (Phi) is 7.77. The first kappa shape index (κ1) is 23.3. The number of nitrogens with one attached hydrogen (secondary N) is 2. The number of rotatable bonds is 8. The van der Waals surface area contributed by atoms with Crippen molar-refractivity contribution in [2.75, 3.05) is 19.8 Å². The number of hydrogen-bond donors (Lipinski definition) is 2. The molecule has 0 spiro atoms. The van der Waals surface area contributed by atoms with Crippen LogP contribution < -0.4 is 25.0 Å². The number of ether oxygens (including phenoxy) is 3. The fourth-order valence-corrected chi connectivity index (χ4v) is 3.53. The molecule has 3 aromatic rings. The molecule has 2 N–H and O–H groups in total. The van der Waals surface area contributed by atoms with E-state index in [1.807, 2.05) is 48.5 Å². The molecule has 9 heteroatoms. The van der Waals surface area contributed by atoms with E-state index in [-0.39, 0.29) is 6.54 Å². The third-order valence-electron chi connectivity index (χ3n) is 4.82. The summed E-state index contributed by atoms with van der Waals surface area (Å²) in [5.74, 6) is 0.849. The first-order valence-corrected chi connectivity index (χ1v) is 11.3. The second-order valence-electron chi connectivity index (χ2n) is 7.29. The second-order valence-corrected chi connectivity index (χ2v) is 8.21.